The van der Waals surface area contributed by atoms with Crippen LogP contribution < -0.4 is 4.90 Å². The van der Waals surface area contributed by atoms with Crippen molar-refractivity contribution in [3.8, 4) is 55.6 Å². The fourth-order valence-electron chi connectivity index (χ4n) is 8.59. The van der Waals surface area contributed by atoms with E-state index in [1.54, 1.807) is 0 Å². The maximum absolute atomic E-state index is 6.29. The summed E-state index contributed by atoms with van der Waals surface area (Å²) in [4.78, 5) is 2.35. The molecule has 0 fully saturated rings. The maximum atomic E-state index is 6.29. The molecule has 0 atom stereocenters. The molecule has 10 aromatic carbocycles. The standard InChI is InChI=1S/C58H39NO/c1-2-10-40(11-3-1)42-20-22-43(23-21-42)45-30-34-51(35-31-45)59(53-15-8-14-50(39-53)54-17-9-19-57-58(54)55-16-6-7-18-56(55)60-57)52-36-32-46(33-37-52)44-24-26-47(27-25-44)49-29-28-41-12-4-5-13-48(41)38-49/h1-39H. The molecule has 0 amide bonds. The summed E-state index contributed by atoms with van der Waals surface area (Å²) in [5.41, 5.74) is 16.9. The largest absolute Gasteiger partial charge is 0.456 e. The summed E-state index contributed by atoms with van der Waals surface area (Å²) in [5.74, 6) is 0. The molecule has 1 heterocycles. The molecule has 0 N–H and O–H groups in total. The molecule has 0 bridgehead atoms. The second-order valence-electron chi connectivity index (χ2n) is 15.3. The lowest BCUT2D eigenvalue weighted by Gasteiger charge is -2.26. The Morgan fingerprint density at radius 3 is 1.38 bits per heavy atom. The van der Waals surface area contributed by atoms with Crippen LogP contribution in [0.1, 0.15) is 0 Å². The van der Waals surface area contributed by atoms with Gasteiger partial charge >= 0.3 is 0 Å². The maximum Gasteiger partial charge on any atom is 0.136 e. The van der Waals surface area contributed by atoms with E-state index in [0.29, 0.717) is 0 Å². The van der Waals surface area contributed by atoms with E-state index in [-0.39, 0.29) is 0 Å². The normalized spacial score (nSPS) is 11.3. The van der Waals surface area contributed by atoms with Crippen molar-refractivity contribution in [3.63, 3.8) is 0 Å². The molecule has 0 aliphatic rings. The summed E-state index contributed by atoms with van der Waals surface area (Å²) < 4.78 is 6.29. The number of benzene rings is 10. The molecule has 0 aliphatic heterocycles. The van der Waals surface area contributed by atoms with Gasteiger partial charge in [0, 0.05) is 27.8 Å². The van der Waals surface area contributed by atoms with Gasteiger partial charge < -0.3 is 9.32 Å². The van der Waals surface area contributed by atoms with Crippen LogP contribution in [0.4, 0.5) is 17.1 Å². The Hall–Kier alpha value is -7.94. The van der Waals surface area contributed by atoms with Crippen molar-refractivity contribution in [1.29, 1.82) is 0 Å². The minimum Gasteiger partial charge on any atom is -0.456 e. The minimum absolute atomic E-state index is 0.893. The van der Waals surface area contributed by atoms with E-state index in [4.69, 9.17) is 4.42 Å². The van der Waals surface area contributed by atoms with Gasteiger partial charge in [-0.25, -0.2) is 0 Å². The smallest absolute Gasteiger partial charge is 0.136 e. The van der Waals surface area contributed by atoms with Crippen molar-refractivity contribution in [2.24, 2.45) is 0 Å². The molecule has 0 aliphatic carbocycles. The number of rotatable bonds is 8. The van der Waals surface area contributed by atoms with Crippen molar-refractivity contribution < 1.29 is 4.42 Å². The van der Waals surface area contributed by atoms with E-state index in [9.17, 15) is 0 Å². The van der Waals surface area contributed by atoms with Crippen LogP contribution in [0.15, 0.2) is 241 Å². The summed E-state index contributed by atoms with van der Waals surface area (Å²) in [6.07, 6.45) is 0. The molecule has 60 heavy (non-hydrogen) atoms. The highest BCUT2D eigenvalue weighted by molar-refractivity contribution is 6.12. The Morgan fingerprint density at radius 2 is 0.733 bits per heavy atom. The summed E-state index contributed by atoms with van der Waals surface area (Å²) >= 11 is 0. The van der Waals surface area contributed by atoms with Crippen LogP contribution in [0.5, 0.6) is 0 Å². The van der Waals surface area contributed by atoms with Crippen molar-refractivity contribution in [3.05, 3.63) is 237 Å². The first kappa shape index (κ1) is 35.2. The first-order chi connectivity index (χ1) is 29.7. The summed E-state index contributed by atoms with van der Waals surface area (Å²) in [5, 5.41) is 4.77. The quantitative estimate of drug-likeness (QED) is 0.153. The number of furan rings is 1. The number of hydrogen-bond acceptors (Lipinski definition) is 2. The van der Waals surface area contributed by atoms with E-state index in [0.717, 1.165) is 50.1 Å². The van der Waals surface area contributed by atoms with Crippen molar-refractivity contribution in [2.75, 3.05) is 4.90 Å². The molecule has 0 radical (unpaired) electrons. The summed E-state index contributed by atoms with van der Waals surface area (Å²) in [6.45, 7) is 0. The molecule has 0 unspecified atom stereocenters. The zero-order valence-electron chi connectivity index (χ0n) is 32.9. The Kier molecular flexibility index (Phi) is 8.87. The lowest BCUT2D eigenvalue weighted by molar-refractivity contribution is 0.669. The molecule has 0 saturated heterocycles. The lowest BCUT2D eigenvalue weighted by atomic mass is 9.97. The first-order valence-electron chi connectivity index (χ1n) is 20.5. The van der Waals surface area contributed by atoms with Crippen molar-refractivity contribution >= 4 is 49.8 Å². The topological polar surface area (TPSA) is 16.4 Å². The Balaban J connectivity index is 0.952. The number of hydrogen-bond donors (Lipinski definition) is 0. The molecular formula is C58H39NO. The highest BCUT2D eigenvalue weighted by Gasteiger charge is 2.17. The average molecular weight is 766 g/mol. The molecule has 1 aromatic heterocycles. The van der Waals surface area contributed by atoms with E-state index in [2.05, 4.69) is 229 Å². The molecule has 282 valence electrons. The Bertz CT molecular complexity index is 3270. The third-order valence-electron chi connectivity index (χ3n) is 11.7. The fraction of sp³-hybridized carbons (Fsp3) is 0. The molecule has 2 nitrogen and oxygen atoms in total. The second kappa shape index (κ2) is 15.1. The molecule has 0 saturated carbocycles. The van der Waals surface area contributed by atoms with E-state index < -0.39 is 0 Å². The van der Waals surface area contributed by atoms with Crippen LogP contribution in [0.2, 0.25) is 0 Å². The van der Waals surface area contributed by atoms with Gasteiger partial charge in [0.15, 0.2) is 0 Å². The van der Waals surface area contributed by atoms with Gasteiger partial charge in [0.25, 0.3) is 0 Å². The SMILES string of the molecule is c1ccc(-c2ccc(-c3ccc(N(c4ccc(-c5ccc(-c6ccc7ccccc7c6)cc5)cc4)c4cccc(-c5cccc6oc7ccccc7c56)c4)cc3)cc2)cc1. The Labute approximate surface area is 349 Å². The van der Waals surface area contributed by atoms with Gasteiger partial charge in [0.2, 0.25) is 0 Å². The average Bonchev–Trinajstić information content (AvgIpc) is 3.72. The van der Waals surface area contributed by atoms with E-state index >= 15 is 0 Å². The highest BCUT2D eigenvalue weighted by Crippen LogP contribution is 2.41. The van der Waals surface area contributed by atoms with Gasteiger partial charge in [-0.2, -0.15) is 0 Å². The van der Waals surface area contributed by atoms with Gasteiger partial charge in [0.1, 0.15) is 11.2 Å². The number of para-hydroxylation sites is 1. The van der Waals surface area contributed by atoms with Gasteiger partial charge in [-0.15, -0.1) is 0 Å². The van der Waals surface area contributed by atoms with Crippen LogP contribution in [0, 0.1) is 0 Å². The predicted octanol–water partition coefficient (Wildman–Crippen LogP) is 16.5. The van der Waals surface area contributed by atoms with E-state index in [1.807, 2.05) is 12.1 Å². The predicted molar refractivity (Wildman–Crippen MR) is 253 cm³/mol. The number of anilines is 3. The van der Waals surface area contributed by atoms with Gasteiger partial charge in [-0.1, -0.05) is 182 Å². The molecule has 11 aromatic rings. The first-order valence-corrected chi connectivity index (χ1v) is 20.5. The minimum atomic E-state index is 0.893. The zero-order valence-corrected chi connectivity index (χ0v) is 32.9. The number of fused-ring (bicyclic) bond motifs is 4. The second-order valence-corrected chi connectivity index (χ2v) is 15.3. The monoisotopic (exact) mass is 765 g/mol. The summed E-state index contributed by atoms with van der Waals surface area (Å²) in [7, 11) is 0. The third kappa shape index (κ3) is 6.61. The lowest BCUT2D eigenvalue weighted by Crippen LogP contribution is -2.10. The third-order valence-corrected chi connectivity index (χ3v) is 11.7. The van der Waals surface area contributed by atoms with Crippen LogP contribution in [0.25, 0.3) is 88.3 Å². The van der Waals surface area contributed by atoms with Gasteiger partial charge in [-0.05, 0) is 121 Å². The van der Waals surface area contributed by atoms with Crippen LogP contribution in [-0.2, 0) is 0 Å². The Morgan fingerprint density at radius 1 is 0.267 bits per heavy atom. The zero-order chi connectivity index (χ0) is 39.8. The molecule has 2 heteroatoms. The number of nitrogens with zero attached hydrogens (tertiary/aromatic N) is 1. The van der Waals surface area contributed by atoms with Crippen LogP contribution in [0.3, 0.4) is 0 Å². The van der Waals surface area contributed by atoms with Gasteiger partial charge in [0.05, 0.1) is 0 Å². The highest BCUT2D eigenvalue weighted by atomic mass is 16.3. The van der Waals surface area contributed by atoms with Crippen LogP contribution in [-0.4, -0.2) is 0 Å². The fourth-order valence-corrected chi connectivity index (χ4v) is 8.59. The molecule has 0 spiro atoms. The van der Waals surface area contributed by atoms with E-state index in [1.165, 1.54) is 55.3 Å². The summed E-state index contributed by atoms with van der Waals surface area (Å²) in [6, 6.07) is 84.9. The molecular weight excluding hydrogens is 727 g/mol. The van der Waals surface area contributed by atoms with Gasteiger partial charge in [-0.3, -0.25) is 0 Å². The van der Waals surface area contributed by atoms with Crippen molar-refractivity contribution in [1.82, 2.24) is 0 Å². The van der Waals surface area contributed by atoms with Crippen LogP contribution >= 0.6 is 0 Å². The molecule has 11 rings (SSSR count). The van der Waals surface area contributed by atoms with Crippen molar-refractivity contribution in [2.45, 2.75) is 0 Å².